The molecule has 4 aromatic rings. The van der Waals surface area contributed by atoms with Gasteiger partial charge in [0.15, 0.2) is 0 Å². The van der Waals surface area contributed by atoms with Crippen LogP contribution < -0.4 is 0 Å². The minimum atomic E-state index is -3.82. The molecule has 28 heavy (non-hydrogen) atoms. The summed E-state index contributed by atoms with van der Waals surface area (Å²) in [6.45, 7) is 3.82. The number of aryl methyl sites for hydroxylation is 2. The average Bonchev–Trinajstić information content (AvgIpc) is 2.69. The molecule has 0 aliphatic rings. The molecular weight excluding hydrogens is 368 g/mol. The van der Waals surface area contributed by atoms with Gasteiger partial charge in [0, 0.05) is 17.0 Å². The van der Waals surface area contributed by atoms with Crippen LogP contribution in [0.3, 0.4) is 0 Å². The Labute approximate surface area is 164 Å². The van der Waals surface area contributed by atoms with E-state index in [1.54, 1.807) is 24.3 Å². The zero-order valence-electron chi connectivity index (χ0n) is 15.7. The van der Waals surface area contributed by atoms with Crippen LogP contribution >= 0.6 is 0 Å². The lowest BCUT2D eigenvalue weighted by atomic mass is 9.95. The van der Waals surface area contributed by atoms with E-state index in [1.165, 1.54) is 6.07 Å². The Bertz CT molecular complexity index is 1270. The molecule has 0 aromatic heterocycles. The van der Waals surface area contributed by atoms with Crippen LogP contribution in [-0.4, -0.2) is 13.5 Å². The van der Waals surface area contributed by atoms with Gasteiger partial charge in [0.2, 0.25) is 9.84 Å². The number of benzene rings is 4. The number of sulfone groups is 1. The smallest absolute Gasteiger partial charge is 0.207 e. The van der Waals surface area contributed by atoms with E-state index in [0.717, 1.165) is 22.1 Å². The van der Waals surface area contributed by atoms with E-state index in [-0.39, 0.29) is 15.5 Å². The van der Waals surface area contributed by atoms with E-state index in [0.29, 0.717) is 10.9 Å². The van der Waals surface area contributed by atoms with Crippen molar-refractivity contribution in [3.8, 4) is 16.9 Å². The Balaban J connectivity index is 2.13. The third-order valence-corrected chi connectivity index (χ3v) is 6.79. The molecular formula is C24H20O3S. The van der Waals surface area contributed by atoms with Crippen LogP contribution in [0.1, 0.15) is 11.1 Å². The fourth-order valence-corrected chi connectivity index (χ4v) is 5.09. The summed E-state index contributed by atoms with van der Waals surface area (Å²) >= 11 is 0. The molecule has 0 radical (unpaired) electrons. The van der Waals surface area contributed by atoms with Crippen LogP contribution in [-0.2, 0) is 9.84 Å². The van der Waals surface area contributed by atoms with E-state index < -0.39 is 9.84 Å². The van der Waals surface area contributed by atoms with E-state index >= 15 is 0 Å². The molecule has 4 aromatic carbocycles. The maximum atomic E-state index is 13.5. The van der Waals surface area contributed by atoms with Gasteiger partial charge in [-0.1, -0.05) is 66.2 Å². The van der Waals surface area contributed by atoms with Gasteiger partial charge in [-0.25, -0.2) is 8.42 Å². The zero-order chi connectivity index (χ0) is 19.9. The summed E-state index contributed by atoms with van der Waals surface area (Å²) in [5, 5.41) is 12.1. The van der Waals surface area contributed by atoms with E-state index in [2.05, 4.69) is 0 Å². The van der Waals surface area contributed by atoms with Gasteiger partial charge in [0.05, 0.1) is 9.79 Å². The van der Waals surface area contributed by atoms with Gasteiger partial charge in [-0.3, -0.25) is 0 Å². The number of aromatic hydroxyl groups is 1. The van der Waals surface area contributed by atoms with E-state index in [9.17, 15) is 13.5 Å². The largest absolute Gasteiger partial charge is 0.507 e. The Kier molecular flexibility index (Phi) is 4.44. The van der Waals surface area contributed by atoms with E-state index in [1.807, 2.05) is 62.4 Å². The predicted molar refractivity (Wildman–Crippen MR) is 112 cm³/mol. The third-order valence-electron chi connectivity index (χ3n) is 5.00. The summed E-state index contributed by atoms with van der Waals surface area (Å²) in [7, 11) is -3.82. The van der Waals surface area contributed by atoms with Crippen molar-refractivity contribution in [3.05, 3.63) is 90.0 Å². The number of fused-ring (bicyclic) bond motifs is 1. The average molecular weight is 388 g/mol. The topological polar surface area (TPSA) is 54.4 Å². The van der Waals surface area contributed by atoms with Gasteiger partial charge in [0.25, 0.3) is 0 Å². The lowest BCUT2D eigenvalue weighted by Crippen LogP contribution is -2.05. The van der Waals surface area contributed by atoms with Crippen molar-refractivity contribution >= 4 is 20.6 Å². The first kappa shape index (κ1) is 18.3. The van der Waals surface area contributed by atoms with Crippen LogP contribution in [0.25, 0.3) is 21.9 Å². The lowest BCUT2D eigenvalue weighted by molar-refractivity contribution is 0.479. The number of rotatable bonds is 3. The number of hydrogen-bond donors (Lipinski definition) is 1. The highest BCUT2D eigenvalue weighted by Crippen LogP contribution is 2.42. The lowest BCUT2D eigenvalue weighted by Gasteiger charge is -2.17. The summed E-state index contributed by atoms with van der Waals surface area (Å²) in [5.41, 5.74) is 3.28. The number of phenols is 1. The summed E-state index contributed by atoms with van der Waals surface area (Å²) in [4.78, 5) is 0.319. The van der Waals surface area contributed by atoms with Gasteiger partial charge in [-0.2, -0.15) is 0 Å². The molecule has 0 amide bonds. The highest BCUT2D eigenvalue weighted by Gasteiger charge is 2.26. The highest BCUT2D eigenvalue weighted by molar-refractivity contribution is 7.91. The molecule has 0 spiro atoms. The molecule has 1 N–H and O–H groups in total. The van der Waals surface area contributed by atoms with Gasteiger partial charge >= 0.3 is 0 Å². The Morgan fingerprint density at radius 2 is 1.46 bits per heavy atom. The van der Waals surface area contributed by atoms with Gasteiger partial charge in [-0.05, 0) is 42.5 Å². The SMILES string of the molecule is Cc1ccc(S(=O)(=O)c2cc(O)c3c(C)cccc3c2-c2ccccc2)cc1. The Morgan fingerprint density at radius 3 is 2.14 bits per heavy atom. The van der Waals surface area contributed by atoms with Crippen molar-refractivity contribution in [3.63, 3.8) is 0 Å². The second kappa shape index (κ2) is 6.80. The minimum Gasteiger partial charge on any atom is -0.507 e. The Hall–Kier alpha value is -3.11. The van der Waals surface area contributed by atoms with Crippen molar-refractivity contribution in [2.45, 2.75) is 23.6 Å². The molecule has 0 heterocycles. The summed E-state index contributed by atoms with van der Waals surface area (Å²) in [5.74, 6) is -0.0292. The Morgan fingerprint density at radius 1 is 0.786 bits per heavy atom. The van der Waals surface area contributed by atoms with Crippen molar-refractivity contribution in [1.29, 1.82) is 0 Å². The van der Waals surface area contributed by atoms with Crippen LogP contribution in [0, 0.1) is 13.8 Å². The molecule has 4 heteroatoms. The maximum Gasteiger partial charge on any atom is 0.207 e. The van der Waals surface area contributed by atoms with E-state index in [4.69, 9.17) is 0 Å². The van der Waals surface area contributed by atoms with Crippen molar-refractivity contribution in [1.82, 2.24) is 0 Å². The molecule has 0 atom stereocenters. The summed E-state index contributed by atoms with van der Waals surface area (Å²) in [6.07, 6.45) is 0. The third kappa shape index (κ3) is 2.96. The normalized spacial score (nSPS) is 11.6. The van der Waals surface area contributed by atoms with Gasteiger partial charge in [0.1, 0.15) is 5.75 Å². The molecule has 0 saturated heterocycles. The second-order valence-corrected chi connectivity index (χ2v) is 8.87. The first-order chi connectivity index (χ1) is 13.4. The molecule has 4 rings (SSSR count). The van der Waals surface area contributed by atoms with Crippen molar-refractivity contribution in [2.75, 3.05) is 0 Å². The summed E-state index contributed by atoms with van der Waals surface area (Å²) in [6, 6.07) is 23.2. The predicted octanol–water partition coefficient (Wildman–Crippen LogP) is 5.66. The van der Waals surface area contributed by atoms with Crippen LogP contribution in [0.15, 0.2) is 88.7 Å². The van der Waals surface area contributed by atoms with Crippen molar-refractivity contribution in [2.24, 2.45) is 0 Å². The molecule has 140 valence electrons. The van der Waals surface area contributed by atoms with Crippen LogP contribution in [0.2, 0.25) is 0 Å². The fraction of sp³-hybridized carbons (Fsp3) is 0.0833. The number of phenolic OH excluding ortho intramolecular Hbond substituents is 1. The van der Waals surface area contributed by atoms with Crippen molar-refractivity contribution < 1.29 is 13.5 Å². The number of hydrogen-bond acceptors (Lipinski definition) is 3. The first-order valence-corrected chi connectivity index (χ1v) is 10.5. The quantitative estimate of drug-likeness (QED) is 0.492. The fourth-order valence-electron chi connectivity index (χ4n) is 3.58. The van der Waals surface area contributed by atoms with Gasteiger partial charge < -0.3 is 5.11 Å². The summed E-state index contributed by atoms with van der Waals surface area (Å²) < 4.78 is 27.0. The molecule has 0 aliphatic heterocycles. The van der Waals surface area contributed by atoms with Crippen LogP contribution in [0.4, 0.5) is 0 Å². The minimum absolute atomic E-state index is 0.0292. The monoisotopic (exact) mass is 388 g/mol. The maximum absolute atomic E-state index is 13.5. The zero-order valence-corrected chi connectivity index (χ0v) is 16.5. The van der Waals surface area contributed by atoms with Gasteiger partial charge in [-0.15, -0.1) is 0 Å². The standard InChI is InChI=1S/C24H20O3S/c1-16-11-13-19(14-12-16)28(26,27)22-15-21(25)23-17(2)7-6-10-20(23)24(22)18-8-4-3-5-9-18/h3-15,25H,1-2H3. The molecule has 3 nitrogen and oxygen atoms in total. The molecule has 0 aliphatic carbocycles. The first-order valence-electron chi connectivity index (χ1n) is 9.02. The molecule has 0 bridgehead atoms. The molecule has 0 saturated carbocycles. The molecule has 0 fully saturated rings. The highest BCUT2D eigenvalue weighted by atomic mass is 32.2. The van der Waals surface area contributed by atoms with Crippen LogP contribution in [0.5, 0.6) is 5.75 Å². The second-order valence-electron chi connectivity index (χ2n) is 6.95. The molecule has 0 unspecified atom stereocenters.